The zero-order valence-electron chi connectivity index (χ0n) is 27.1. The SMILES string of the molecule is CCC[C@H](NC(=O)[C@@H]1CC2CCCCC2N1C(=O)[C@@H](NC(=O)[C@H](C)NC(=O)c1ccccn1)C(C)(C)C)C(=O)C(=O)NC1CC1. The third-order valence-electron chi connectivity index (χ3n) is 9.03. The van der Waals surface area contributed by atoms with E-state index in [0.717, 1.165) is 38.5 Å². The van der Waals surface area contributed by atoms with E-state index in [0.29, 0.717) is 19.3 Å². The topological polar surface area (TPSA) is 167 Å². The van der Waals surface area contributed by atoms with Gasteiger partial charge in [-0.1, -0.05) is 53.0 Å². The molecule has 3 aliphatic rings. The smallest absolute Gasteiger partial charge is 0.289 e. The van der Waals surface area contributed by atoms with Crippen molar-refractivity contribution in [3.05, 3.63) is 30.1 Å². The number of carbonyl (C=O) groups excluding carboxylic acids is 6. The fourth-order valence-corrected chi connectivity index (χ4v) is 6.38. The van der Waals surface area contributed by atoms with Crippen LogP contribution >= 0.6 is 0 Å². The molecule has 45 heavy (non-hydrogen) atoms. The summed E-state index contributed by atoms with van der Waals surface area (Å²) in [6, 6.07) is 0.958. The van der Waals surface area contributed by atoms with Crippen molar-refractivity contribution in [3.8, 4) is 0 Å². The van der Waals surface area contributed by atoms with E-state index in [4.69, 9.17) is 0 Å². The lowest BCUT2D eigenvalue weighted by molar-refractivity contribution is -0.147. The van der Waals surface area contributed by atoms with Crippen LogP contribution in [0, 0.1) is 11.3 Å². The lowest BCUT2D eigenvalue weighted by Gasteiger charge is -2.40. The molecule has 1 aromatic rings. The van der Waals surface area contributed by atoms with Gasteiger partial charge in [0, 0.05) is 18.3 Å². The van der Waals surface area contributed by atoms with Crippen LogP contribution in [0.1, 0.15) is 103 Å². The molecule has 5 amide bonds. The number of rotatable bonds is 12. The molecule has 12 heteroatoms. The number of nitrogens with one attached hydrogen (secondary N) is 4. The van der Waals surface area contributed by atoms with E-state index in [9.17, 15) is 28.8 Å². The van der Waals surface area contributed by atoms with Crippen LogP contribution < -0.4 is 21.3 Å². The van der Waals surface area contributed by atoms with Crippen LogP contribution in [0.3, 0.4) is 0 Å². The minimum absolute atomic E-state index is 0.0149. The first-order chi connectivity index (χ1) is 21.3. The van der Waals surface area contributed by atoms with Crippen LogP contribution in [0.4, 0.5) is 0 Å². The molecule has 4 rings (SSSR count). The molecule has 2 aliphatic carbocycles. The van der Waals surface area contributed by atoms with Gasteiger partial charge in [-0.05, 0) is 68.9 Å². The van der Waals surface area contributed by atoms with E-state index >= 15 is 0 Å². The molecule has 0 bridgehead atoms. The number of amides is 5. The number of pyridine rings is 1. The molecule has 1 aromatic heterocycles. The predicted molar refractivity (Wildman–Crippen MR) is 167 cm³/mol. The Balaban J connectivity index is 1.52. The highest BCUT2D eigenvalue weighted by Gasteiger charge is 2.51. The predicted octanol–water partition coefficient (Wildman–Crippen LogP) is 2.02. The Morgan fingerprint density at radius 2 is 1.69 bits per heavy atom. The minimum Gasteiger partial charge on any atom is -0.347 e. The Bertz CT molecular complexity index is 1280. The minimum atomic E-state index is -0.993. The fraction of sp³-hybridized carbons (Fsp3) is 0.667. The van der Waals surface area contributed by atoms with Crippen molar-refractivity contribution in [3.63, 3.8) is 0 Å². The van der Waals surface area contributed by atoms with Gasteiger partial charge in [-0.25, -0.2) is 0 Å². The highest BCUT2D eigenvalue weighted by atomic mass is 16.2. The number of hydrogen-bond donors (Lipinski definition) is 4. The Labute approximate surface area is 265 Å². The number of carbonyl (C=O) groups is 6. The van der Waals surface area contributed by atoms with Gasteiger partial charge in [-0.2, -0.15) is 0 Å². The largest absolute Gasteiger partial charge is 0.347 e. The molecule has 0 radical (unpaired) electrons. The van der Waals surface area contributed by atoms with Gasteiger partial charge in [0.05, 0.1) is 6.04 Å². The van der Waals surface area contributed by atoms with Crippen LogP contribution in [0.15, 0.2) is 24.4 Å². The van der Waals surface area contributed by atoms with Gasteiger partial charge < -0.3 is 26.2 Å². The van der Waals surface area contributed by atoms with Crippen molar-refractivity contribution in [1.29, 1.82) is 0 Å². The zero-order valence-corrected chi connectivity index (χ0v) is 27.1. The van der Waals surface area contributed by atoms with Crippen molar-refractivity contribution in [2.45, 2.75) is 129 Å². The maximum atomic E-state index is 14.4. The van der Waals surface area contributed by atoms with Crippen molar-refractivity contribution in [2.75, 3.05) is 0 Å². The molecule has 2 heterocycles. The summed E-state index contributed by atoms with van der Waals surface area (Å²) in [5.74, 6) is -3.14. The van der Waals surface area contributed by atoms with E-state index in [1.54, 1.807) is 23.1 Å². The van der Waals surface area contributed by atoms with E-state index < -0.39 is 59.0 Å². The fourth-order valence-electron chi connectivity index (χ4n) is 6.38. The molecule has 4 N–H and O–H groups in total. The van der Waals surface area contributed by atoms with Gasteiger partial charge >= 0.3 is 0 Å². The van der Waals surface area contributed by atoms with E-state index in [1.165, 1.54) is 13.1 Å². The molecule has 0 aromatic carbocycles. The van der Waals surface area contributed by atoms with Crippen molar-refractivity contribution >= 4 is 35.3 Å². The molecule has 12 nitrogen and oxygen atoms in total. The first-order valence-corrected chi connectivity index (χ1v) is 16.3. The summed E-state index contributed by atoms with van der Waals surface area (Å²) in [5, 5.41) is 11.0. The highest BCUT2D eigenvalue weighted by molar-refractivity contribution is 6.38. The van der Waals surface area contributed by atoms with Crippen LogP contribution in [0.2, 0.25) is 0 Å². The normalized spacial score (nSPS) is 23.1. The molecule has 1 saturated heterocycles. The van der Waals surface area contributed by atoms with Gasteiger partial charge in [0.2, 0.25) is 23.5 Å². The van der Waals surface area contributed by atoms with Crippen LogP contribution in [0.5, 0.6) is 0 Å². The van der Waals surface area contributed by atoms with Crippen LogP contribution in [0.25, 0.3) is 0 Å². The lowest BCUT2D eigenvalue weighted by atomic mass is 9.83. The van der Waals surface area contributed by atoms with E-state index in [1.807, 2.05) is 27.7 Å². The summed E-state index contributed by atoms with van der Waals surface area (Å²) < 4.78 is 0. The Kier molecular flexibility index (Phi) is 11.0. The van der Waals surface area contributed by atoms with Gasteiger partial charge in [0.25, 0.3) is 11.8 Å². The second-order valence-electron chi connectivity index (χ2n) is 13.8. The molecule has 246 valence electrons. The summed E-state index contributed by atoms with van der Waals surface area (Å²) in [6.07, 6.45) is 8.04. The third-order valence-corrected chi connectivity index (χ3v) is 9.03. The second-order valence-corrected chi connectivity index (χ2v) is 13.8. The van der Waals surface area contributed by atoms with Crippen LogP contribution in [-0.2, 0) is 24.0 Å². The number of aromatic nitrogens is 1. The van der Waals surface area contributed by atoms with Crippen LogP contribution in [-0.4, -0.2) is 81.5 Å². The maximum Gasteiger partial charge on any atom is 0.289 e. The quantitative estimate of drug-likeness (QED) is 0.258. The molecule has 3 fully saturated rings. The Morgan fingerprint density at radius 1 is 0.978 bits per heavy atom. The molecule has 6 atom stereocenters. The standard InChI is InChI=1S/C33H48N6O6/c1-6-11-22(26(40)31(44)36-21-15-16-21)37-30(43)25-18-20-12-7-8-14-24(20)39(25)32(45)27(33(3,4)5)38-28(41)19(2)35-29(42)23-13-9-10-17-34-23/h9-10,13,17,19-22,24-25,27H,6-8,11-12,14-16,18H2,1-5H3,(H,35,42)(H,36,44)(H,37,43)(H,38,41)/t19-,20?,22-,24?,25-,27+/m0/s1. The van der Waals surface area contributed by atoms with Gasteiger partial charge in [0.15, 0.2) is 0 Å². The lowest BCUT2D eigenvalue weighted by Crippen LogP contribution is -2.62. The summed E-state index contributed by atoms with van der Waals surface area (Å²) >= 11 is 0. The first kappa shape index (κ1) is 34.1. The number of ketones is 1. The number of hydrogen-bond acceptors (Lipinski definition) is 7. The number of fused-ring (bicyclic) bond motifs is 1. The molecular formula is C33H48N6O6. The first-order valence-electron chi connectivity index (χ1n) is 16.3. The molecule has 2 unspecified atom stereocenters. The van der Waals surface area contributed by atoms with Gasteiger partial charge in [0.1, 0.15) is 23.8 Å². The average Bonchev–Trinajstić information content (AvgIpc) is 3.74. The third kappa shape index (κ3) is 8.46. The number of Topliss-reactive ketones (excluding diaryl/α,β-unsaturated/α-hetero) is 1. The second kappa shape index (κ2) is 14.5. The van der Waals surface area contributed by atoms with Crippen molar-refractivity contribution < 1.29 is 28.8 Å². The average molecular weight is 625 g/mol. The molecule has 2 saturated carbocycles. The molecular weight excluding hydrogens is 576 g/mol. The molecule has 0 spiro atoms. The van der Waals surface area contributed by atoms with Crippen molar-refractivity contribution in [1.82, 2.24) is 31.2 Å². The summed E-state index contributed by atoms with van der Waals surface area (Å²) in [4.78, 5) is 85.5. The molecule has 1 aliphatic heterocycles. The van der Waals surface area contributed by atoms with Gasteiger partial charge in [-0.15, -0.1) is 0 Å². The van der Waals surface area contributed by atoms with Crippen molar-refractivity contribution in [2.24, 2.45) is 11.3 Å². The van der Waals surface area contributed by atoms with E-state index in [-0.39, 0.29) is 29.6 Å². The van der Waals surface area contributed by atoms with Gasteiger partial charge in [-0.3, -0.25) is 33.8 Å². The Hall–Kier alpha value is -3.83. The summed E-state index contributed by atoms with van der Waals surface area (Å²) in [6.45, 7) is 8.93. The maximum absolute atomic E-state index is 14.4. The number of likely N-dealkylation sites (tertiary alicyclic amines) is 1. The van der Waals surface area contributed by atoms with E-state index in [2.05, 4.69) is 26.3 Å². The highest BCUT2D eigenvalue weighted by Crippen LogP contribution is 2.41. The zero-order chi connectivity index (χ0) is 32.9. The Morgan fingerprint density at radius 3 is 2.31 bits per heavy atom. The summed E-state index contributed by atoms with van der Waals surface area (Å²) in [5.41, 5.74) is -0.563. The monoisotopic (exact) mass is 624 g/mol. The summed E-state index contributed by atoms with van der Waals surface area (Å²) in [7, 11) is 0. The number of nitrogens with zero attached hydrogens (tertiary/aromatic N) is 2.